The Labute approximate surface area is 92.7 Å². The fraction of sp³-hybridized carbons (Fsp3) is 0.556. The van der Waals surface area contributed by atoms with Crippen molar-refractivity contribution in [3.8, 4) is 0 Å². The molecule has 0 radical (unpaired) electrons. The molecule has 0 saturated carbocycles. The summed E-state index contributed by atoms with van der Waals surface area (Å²) in [6, 6.07) is 0. The topological polar surface area (TPSA) is 68.9 Å². The van der Waals surface area contributed by atoms with Crippen LogP contribution in [-0.4, -0.2) is 20.3 Å². The Bertz CT molecular complexity index is 329. The van der Waals surface area contributed by atoms with Crippen LogP contribution in [0.1, 0.15) is 25.6 Å². The van der Waals surface area contributed by atoms with Crippen LogP contribution in [0.5, 0.6) is 0 Å². The third-order valence-electron chi connectivity index (χ3n) is 1.91. The average molecular weight is 230 g/mol. The van der Waals surface area contributed by atoms with Gasteiger partial charge >= 0.3 is 5.69 Å². The first-order valence-electron chi connectivity index (χ1n) is 4.73. The molecule has 6 heteroatoms. The van der Waals surface area contributed by atoms with Gasteiger partial charge in [-0.15, -0.1) is 11.6 Å². The molecule has 1 rings (SSSR count). The number of halogens is 1. The Morgan fingerprint density at radius 2 is 2.13 bits per heavy atom. The van der Waals surface area contributed by atoms with Crippen molar-refractivity contribution in [2.24, 2.45) is 0 Å². The highest BCUT2D eigenvalue weighted by molar-refractivity contribution is 6.20. The van der Waals surface area contributed by atoms with Gasteiger partial charge in [-0.1, -0.05) is 13.3 Å². The highest BCUT2D eigenvalue weighted by Crippen LogP contribution is 2.12. The number of nitro groups is 1. The van der Waals surface area contributed by atoms with E-state index in [2.05, 4.69) is 9.97 Å². The zero-order valence-electron chi connectivity index (χ0n) is 8.39. The molecule has 1 aromatic heterocycles. The highest BCUT2D eigenvalue weighted by atomic mass is 35.5. The standard InChI is InChI=1S/C9H12ClN3O2/c1-2-3-7(10)4-9-11-5-8(6-12-9)13(14)15/h5-7H,2-4H2,1H3. The van der Waals surface area contributed by atoms with Crippen LogP contribution in [0.4, 0.5) is 5.69 Å². The second kappa shape index (κ2) is 5.60. The lowest BCUT2D eigenvalue weighted by Crippen LogP contribution is -2.06. The van der Waals surface area contributed by atoms with Crippen LogP contribution in [0.2, 0.25) is 0 Å². The predicted octanol–water partition coefficient (Wildman–Crippen LogP) is 2.33. The van der Waals surface area contributed by atoms with Crippen LogP contribution in [-0.2, 0) is 6.42 Å². The van der Waals surface area contributed by atoms with E-state index in [9.17, 15) is 10.1 Å². The summed E-state index contributed by atoms with van der Waals surface area (Å²) < 4.78 is 0. The van der Waals surface area contributed by atoms with E-state index >= 15 is 0 Å². The molecule has 0 aliphatic rings. The van der Waals surface area contributed by atoms with Gasteiger partial charge in [0.1, 0.15) is 18.2 Å². The maximum absolute atomic E-state index is 10.3. The van der Waals surface area contributed by atoms with Gasteiger partial charge in [0, 0.05) is 11.8 Å². The number of nitrogens with zero attached hydrogens (tertiary/aromatic N) is 3. The zero-order valence-corrected chi connectivity index (χ0v) is 9.15. The summed E-state index contributed by atoms with van der Waals surface area (Å²) in [5, 5.41) is 10.3. The maximum atomic E-state index is 10.3. The zero-order chi connectivity index (χ0) is 11.3. The smallest absolute Gasteiger partial charge is 0.258 e. The quantitative estimate of drug-likeness (QED) is 0.441. The average Bonchev–Trinajstić information content (AvgIpc) is 2.18. The first kappa shape index (κ1) is 11.8. The number of hydrogen-bond acceptors (Lipinski definition) is 4. The van der Waals surface area contributed by atoms with Gasteiger partial charge in [0.25, 0.3) is 0 Å². The van der Waals surface area contributed by atoms with Crippen molar-refractivity contribution in [2.45, 2.75) is 31.6 Å². The van der Waals surface area contributed by atoms with E-state index in [4.69, 9.17) is 11.6 Å². The Morgan fingerprint density at radius 3 is 2.60 bits per heavy atom. The van der Waals surface area contributed by atoms with Crippen LogP contribution in [0.15, 0.2) is 12.4 Å². The molecule has 0 aliphatic heterocycles. The van der Waals surface area contributed by atoms with E-state index in [1.807, 2.05) is 6.92 Å². The van der Waals surface area contributed by atoms with Crippen molar-refractivity contribution in [3.05, 3.63) is 28.3 Å². The molecule has 0 aliphatic carbocycles. The van der Waals surface area contributed by atoms with Crippen LogP contribution in [0.3, 0.4) is 0 Å². The number of hydrogen-bond donors (Lipinski definition) is 0. The number of rotatable bonds is 5. The molecule has 5 nitrogen and oxygen atoms in total. The largest absolute Gasteiger partial charge is 0.305 e. The SMILES string of the molecule is CCCC(Cl)Cc1ncc([N+](=O)[O-])cn1. The van der Waals surface area contributed by atoms with E-state index in [-0.39, 0.29) is 11.1 Å². The first-order valence-corrected chi connectivity index (χ1v) is 5.16. The van der Waals surface area contributed by atoms with Crippen LogP contribution >= 0.6 is 11.6 Å². The lowest BCUT2D eigenvalue weighted by Gasteiger charge is -2.05. The van der Waals surface area contributed by atoms with E-state index in [1.165, 1.54) is 12.4 Å². The lowest BCUT2D eigenvalue weighted by molar-refractivity contribution is -0.385. The molecular weight excluding hydrogens is 218 g/mol. The monoisotopic (exact) mass is 229 g/mol. The Balaban J connectivity index is 2.60. The third kappa shape index (κ3) is 3.79. The van der Waals surface area contributed by atoms with Crippen molar-refractivity contribution < 1.29 is 4.92 Å². The fourth-order valence-electron chi connectivity index (χ4n) is 1.16. The summed E-state index contributed by atoms with van der Waals surface area (Å²) in [6.07, 6.45) is 4.85. The molecule has 15 heavy (non-hydrogen) atoms. The number of aromatic nitrogens is 2. The van der Waals surface area contributed by atoms with Crippen LogP contribution in [0, 0.1) is 10.1 Å². The fourth-order valence-corrected chi connectivity index (χ4v) is 1.52. The molecule has 82 valence electrons. The highest BCUT2D eigenvalue weighted by Gasteiger charge is 2.10. The van der Waals surface area contributed by atoms with Crippen LogP contribution in [0.25, 0.3) is 0 Å². The van der Waals surface area contributed by atoms with E-state index in [1.54, 1.807) is 0 Å². The molecule has 0 aromatic carbocycles. The maximum Gasteiger partial charge on any atom is 0.305 e. The van der Waals surface area contributed by atoms with Gasteiger partial charge in [-0.3, -0.25) is 10.1 Å². The van der Waals surface area contributed by atoms with E-state index < -0.39 is 4.92 Å². The minimum absolute atomic E-state index is 0.00328. The summed E-state index contributed by atoms with van der Waals surface area (Å²) in [6.45, 7) is 2.05. The van der Waals surface area contributed by atoms with Gasteiger partial charge < -0.3 is 0 Å². The first-order chi connectivity index (χ1) is 7.13. The van der Waals surface area contributed by atoms with Gasteiger partial charge in [0.05, 0.1) is 4.92 Å². The Kier molecular flexibility index (Phi) is 4.42. The minimum atomic E-state index is -0.520. The van der Waals surface area contributed by atoms with Crippen molar-refractivity contribution in [1.82, 2.24) is 9.97 Å². The Hall–Kier alpha value is -1.23. The summed E-state index contributed by atoms with van der Waals surface area (Å²) in [4.78, 5) is 17.6. The minimum Gasteiger partial charge on any atom is -0.258 e. The molecule has 0 amide bonds. The van der Waals surface area contributed by atoms with Crippen molar-refractivity contribution in [1.29, 1.82) is 0 Å². The molecular formula is C9H12ClN3O2. The predicted molar refractivity (Wildman–Crippen MR) is 56.9 cm³/mol. The lowest BCUT2D eigenvalue weighted by atomic mass is 10.2. The molecule has 1 heterocycles. The summed E-state index contributed by atoms with van der Waals surface area (Å²) in [5.74, 6) is 0.550. The molecule has 0 spiro atoms. The molecule has 1 aromatic rings. The number of alkyl halides is 1. The van der Waals surface area contributed by atoms with Crippen molar-refractivity contribution in [3.63, 3.8) is 0 Å². The van der Waals surface area contributed by atoms with Crippen molar-refractivity contribution in [2.75, 3.05) is 0 Å². The summed E-state index contributed by atoms with van der Waals surface area (Å²) in [7, 11) is 0. The normalized spacial score (nSPS) is 12.4. The van der Waals surface area contributed by atoms with E-state index in [0.29, 0.717) is 12.2 Å². The molecule has 0 bridgehead atoms. The van der Waals surface area contributed by atoms with Gasteiger partial charge in [-0.2, -0.15) is 0 Å². The third-order valence-corrected chi connectivity index (χ3v) is 2.28. The van der Waals surface area contributed by atoms with Gasteiger partial charge in [0.2, 0.25) is 0 Å². The van der Waals surface area contributed by atoms with Crippen LogP contribution < -0.4 is 0 Å². The molecule has 1 atom stereocenters. The molecule has 0 N–H and O–H groups in total. The van der Waals surface area contributed by atoms with E-state index in [0.717, 1.165) is 12.8 Å². The Morgan fingerprint density at radius 1 is 1.53 bits per heavy atom. The summed E-state index contributed by atoms with van der Waals surface area (Å²) in [5.41, 5.74) is -0.0969. The van der Waals surface area contributed by atoms with Gasteiger partial charge in [-0.25, -0.2) is 9.97 Å². The molecule has 1 unspecified atom stereocenters. The van der Waals surface area contributed by atoms with Gasteiger partial charge in [0.15, 0.2) is 0 Å². The summed E-state index contributed by atoms with van der Waals surface area (Å²) >= 11 is 6.00. The molecule has 0 fully saturated rings. The van der Waals surface area contributed by atoms with Gasteiger partial charge in [-0.05, 0) is 6.42 Å². The second-order valence-electron chi connectivity index (χ2n) is 3.20. The second-order valence-corrected chi connectivity index (χ2v) is 3.82. The molecule has 0 saturated heterocycles. The van der Waals surface area contributed by atoms with Crippen molar-refractivity contribution >= 4 is 17.3 Å².